The van der Waals surface area contributed by atoms with Crippen molar-refractivity contribution in [2.24, 2.45) is 0 Å². The number of nitrogens with zero attached hydrogens (tertiary/aromatic N) is 1. The van der Waals surface area contributed by atoms with Gasteiger partial charge in [0.15, 0.2) is 0 Å². The fourth-order valence-electron chi connectivity index (χ4n) is 2.77. The first kappa shape index (κ1) is 12.8. The van der Waals surface area contributed by atoms with Crippen molar-refractivity contribution in [1.29, 1.82) is 0 Å². The molecule has 3 nitrogen and oxygen atoms in total. The number of carbonyl (C=O) groups is 2. The SMILES string of the molecule is CN(C)C(=O)C1(c2ccccc2)CCC(=O)CC1. The van der Waals surface area contributed by atoms with Gasteiger partial charge in [-0.05, 0) is 18.4 Å². The molecule has 1 aromatic carbocycles. The molecule has 1 saturated carbocycles. The standard InChI is InChI=1S/C15H19NO2/c1-16(2)14(18)15(10-8-13(17)9-11-15)12-6-4-3-5-7-12/h3-7H,8-11H2,1-2H3. The summed E-state index contributed by atoms with van der Waals surface area (Å²) in [6.45, 7) is 0. The summed E-state index contributed by atoms with van der Waals surface area (Å²) in [7, 11) is 3.56. The number of amides is 1. The van der Waals surface area contributed by atoms with Crippen LogP contribution in [-0.4, -0.2) is 30.7 Å². The average molecular weight is 245 g/mol. The third-order valence-corrected chi connectivity index (χ3v) is 3.80. The van der Waals surface area contributed by atoms with Gasteiger partial charge >= 0.3 is 0 Å². The van der Waals surface area contributed by atoms with Crippen LogP contribution in [0.15, 0.2) is 30.3 Å². The number of Topliss-reactive ketones (excluding diaryl/α,β-unsaturated/α-hetero) is 1. The molecule has 1 amide bonds. The van der Waals surface area contributed by atoms with E-state index in [-0.39, 0.29) is 11.7 Å². The molecule has 1 aliphatic carbocycles. The third kappa shape index (κ3) is 2.17. The maximum absolute atomic E-state index is 12.5. The van der Waals surface area contributed by atoms with E-state index < -0.39 is 5.41 Å². The van der Waals surface area contributed by atoms with Crippen molar-refractivity contribution < 1.29 is 9.59 Å². The Morgan fingerprint density at radius 1 is 1.11 bits per heavy atom. The smallest absolute Gasteiger partial charge is 0.232 e. The van der Waals surface area contributed by atoms with Crippen molar-refractivity contribution in [3.05, 3.63) is 35.9 Å². The van der Waals surface area contributed by atoms with Gasteiger partial charge in [-0.1, -0.05) is 30.3 Å². The van der Waals surface area contributed by atoms with E-state index in [4.69, 9.17) is 0 Å². The van der Waals surface area contributed by atoms with Crippen LogP contribution in [-0.2, 0) is 15.0 Å². The quantitative estimate of drug-likeness (QED) is 0.800. The molecule has 96 valence electrons. The summed E-state index contributed by atoms with van der Waals surface area (Å²) in [5.41, 5.74) is 0.537. The molecule has 0 unspecified atom stereocenters. The van der Waals surface area contributed by atoms with Gasteiger partial charge < -0.3 is 4.90 Å². The molecule has 2 rings (SSSR count). The minimum Gasteiger partial charge on any atom is -0.348 e. The van der Waals surface area contributed by atoms with E-state index in [2.05, 4.69) is 0 Å². The predicted octanol–water partition coefficient (Wildman–Crippen LogP) is 2.16. The van der Waals surface area contributed by atoms with E-state index in [1.165, 1.54) is 0 Å². The van der Waals surface area contributed by atoms with Crippen molar-refractivity contribution >= 4 is 11.7 Å². The first-order valence-electron chi connectivity index (χ1n) is 6.35. The highest BCUT2D eigenvalue weighted by atomic mass is 16.2. The van der Waals surface area contributed by atoms with Gasteiger partial charge in [0, 0.05) is 26.9 Å². The number of carbonyl (C=O) groups excluding carboxylic acids is 2. The minimum atomic E-state index is -0.501. The van der Waals surface area contributed by atoms with Crippen LogP contribution in [0.5, 0.6) is 0 Å². The lowest BCUT2D eigenvalue weighted by molar-refractivity contribution is -0.137. The largest absolute Gasteiger partial charge is 0.348 e. The van der Waals surface area contributed by atoms with E-state index in [0.29, 0.717) is 25.7 Å². The molecule has 1 aliphatic rings. The van der Waals surface area contributed by atoms with Crippen molar-refractivity contribution in [2.75, 3.05) is 14.1 Å². The second kappa shape index (κ2) is 4.92. The molecule has 0 bridgehead atoms. The van der Waals surface area contributed by atoms with Gasteiger partial charge in [0.25, 0.3) is 0 Å². The van der Waals surface area contributed by atoms with Crippen molar-refractivity contribution in [1.82, 2.24) is 4.90 Å². The Bertz CT molecular complexity index is 441. The Kier molecular flexibility index (Phi) is 3.50. The Hall–Kier alpha value is -1.64. The maximum Gasteiger partial charge on any atom is 0.232 e. The van der Waals surface area contributed by atoms with Gasteiger partial charge in [-0.2, -0.15) is 0 Å². The molecule has 0 heterocycles. The lowest BCUT2D eigenvalue weighted by atomic mass is 9.68. The zero-order valence-electron chi connectivity index (χ0n) is 11.0. The second-order valence-electron chi connectivity index (χ2n) is 5.19. The highest BCUT2D eigenvalue weighted by Gasteiger charge is 2.43. The lowest BCUT2D eigenvalue weighted by Crippen LogP contribution is -2.46. The molecule has 1 aromatic rings. The molecule has 0 radical (unpaired) electrons. The highest BCUT2D eigenvalue weighted by Crippen LogP contribution is 2.39. The molecular formula is C15H19NO2. The van der Waals surface area contributed by atoms with Crippen LogP contribution in [0.1, 0.15) is 31.2 Å². The zero-order valence-corrected chi connectivity index (χ0v) is 11.0. The molecule has 0 N–H and O–H groups in total. The second-order valence-corrected chi connectivity index (χ2v) is 5.19. The van der Waals surface area contributed by atoms with Crippen molar-refractivity contribution in [3.8, 4) is 0 Å². The Balaban J connectivity index is 2.41. The zero-order chi connectivity index (χ0) is 13.2. The molecule has 0 aliphatic heterocycles. The van der Waals surface area contributed by atoms with E-state index in [9.17, 15) is 9.59 Å². The van der Waals surface area contributed by atoms with Gasteiger partial charge in [0.2, 0.25) is 5.91 Å². The maximum atomic E-state index is 12.5. The van der Waals surface area contributed by atoms with Crippen molar-refractivity contribution in [3.63, 3.8) is 0 Å². The Morgan fingerprint density at radius 2 is 1.67 bits per heavy atom. The number of hydrogen-bond acceptors (Lipinski definition) is 2. The van der Waals surface area contributed by atoms with Crippen LogP contribution in [0, 0.1) is 0 Å². The molecule has 1 fully saturated rings. The van der Waals surface area contributed by atoms with E-state index in [0.717, 1.165) is 5.56 Å². The number of hydrogen-bond donors (Lipinski definition) is 0. The lowest BCUT2D eigenvalue weighted by Gasteiger charge is -2.37. The van der Waals surface area contributed by atoms with Crippen molar-refractivity contribution in [2.45, 2.75) is 31.1 Å². The van der Waals surface area contributed by atoms with Crippen LogP contribution < -0.4 is 0 Å². The van der Waals surface area contributed by atoms with Crippen LogP contribution in [0.25, 0.3) is 0 Å². The van der Waals surface area contributed by atoms with Gasteiger partial charge in [-0.15, -0.1) is 0 Å². The van der Waals surface area contributed by atoms with Gasteiger partial charge in [0.05, 0.1) is 5.41 Å². The molecule has 0 aromatic heterocycles. The summed E-state index contributed by atoms with van der Waals surface area (Å²) in [5.74, 6) is 0.384. The summed E-state index contributed by atoms with van der Waals surface area (Å²) in [6.07, 6.45) is 2.28. The Morgan fingerprint density at radius 3 is 2.17 bits per heavy atom. The van der Waals surface area contributed by atoms with Gasteiger partial charge in [-0.25, -0.2) is 0 Å². The van der Waals surface area contributed by atoms with E-state index >= 15 is 0 Å². The van der Waals surface area contributed by atoms with Gasteiger partial charge in [-0.3, -0.25) is 9.59 Å². The summed E-state index contributed by atoms with van der Waals surface area (Å²) < 4.78 is 0. The fraction of sp³-hybridized carbons (Fsp3) is 0.467. The minimum absolute atomic E-state index is 0.112. The number of rotatable bonds is 2. The molecule has 3 heteroatoms. The number of ketones is 1. The van der Waals surface area contributed by atoms with Gasteiger partial charge in [0.1, 0.15) is 5.78 Å². The first-order valence-corrected chi connectivity index (χ1v) is 6.35. The van der Waals surface area contributed by atoms with Crippen LogP contribution in [0.4, 0.5) is 0 Å². The van der Waals surface area contributed by atoms with Crippen LogP contribution in [0.3, 0.4) is 0 Å². The van der Waals surface area contributed by atoms with E-state index in [1.807, 2.05) is 30.3 Å². The summed E-state index contributed by atoms with van der Waals surface area (Å²) in [4.78, 5) is 25.6. The highest BCUT2D eigenvalue weighted by molar-refractivity contribution is 5.91. The molecule has 18 heavy (non-hydrogen) atoms. The Labute approximate surface area is 108 Å². The topological polar surface area (TPSA) is 37.4 Å². The monoisotopic (exact) mass is 245 g/mol. The summed E-state index contributed by atoms with van der Waals surface area (Å²) >= 11 is 0. The normalized spacial score (nSPS) is 18.4. The summed E-state index contributed by atoms with van der Waals surface area (Å²) in [5, 5.41) is 0. The average Bonchev–Trinajstić information content (AvgIpc) is 2.40. The van der Waals surface area contributed by atoms with Crippen LogP contribution in [0.2, 0.25) is 0 Å². The first-order chi connectivity index (χ1) is 8.56. The fourth-order valence-corrected chi connectivity index (χ4v) is 2.77. The molecular weight excluding hydrogens is 226 g/mol. The number of benzene rings is 1. The molecule has 0 atom stereocenters. The number of likely N-dealkylation sites (N-methyl/N-ethyl adjacent to an activating group) is 1. The predicted molar refractivity (Wildman–Crippen MR) is 70.3 cm³/mol. The summed E-state index contributed by atoms with van der Waals surface area (Å²) in [6, 6.07) is 9.85. The van der Waals surface area contributed by atoms with Crippen LogP contribution >= 0.6 is 0 Å². The molecule has 0 saturated heterocycles. The third-order valence-electron chi connectivity index (χ3n) is 3.80. The molecule has 0 spiro atoms. The van der Waals surface area contributed by atoms with E-state index in [1.54, 1.807) is 19.0 Å².